The summed E-state index contributed by atoms with van der Waals surface area (Å²) in [6, 6.07) is 6.71. The van der Waals surface area contributed by atoms with E-state index in [1.807, 2.05) is 0 Å². The fraction of sp³-hybridized carbons (Fsp3) is 0.188. The Kier molecular flexibility index (Phi) is 6.85. The van der Waals surface area contributed by atoms with Crippen LogP contribution in [0.25, 0.3) is 0 Å². The highest BCUT2D eigenvalue weighted by atomic mass is 79.9. The quantitative estimate of drug-likeness (QED) is 0.329. The maximum absolute atomic E-state index is 12.5. The van der Waals surface area contributed by atoms with E-state index in [0.29, 0.717) is 0 Å². The minimum atomic E-state index is -4.28. The SMILES string of the molecule is O=C(O)c1cc(S(=O)(=O)N[C@H](CO)[C@@H](O)c2ccc([N+](=O)[O-])cc2)ccc1Br. The minimum Gasteiger partial charge on any atom is -0.478 e. The number of aliphatic hydroxyl groups is 2. The van der Waals surface area contributed by atoms with Crippen LogP contribution in [0.1, 0.15) is 22.0 Å². The first-order chi connectivity index (χ1) is 13.1. The normalized spacial score (nSPS) is 13.7. The molecule has 150 valence electrons. The van der Waals surface area contributed by atoms with E-state index >= 15 is 0 Å². The van der Waals surface area contributed by atoms with Crippen LogP contribution in [0.4, 0.5) is 5.69 Å². The van der Waals surface area contributed by atoms with Crippen molar-refractivity contribution in [2.75, 3.05) is 6.61 Å². The summed E-state index contributed by atoms with van der Waals surface area (Å²) in [6.45, 7) is -0.778. The summed E-state index contributed by atoms with van der Waals surface area (Å²) in [7, 11) is -4.28. The molecule has 0 aliphatic carbocycles. The number of non-ortho nitro benzene ring substituents is 1. The predicted octanol–water partition coefficient (Wildman–Crippen LogP) is 1.43. The molecule has 0 bridgehead atoms. The van der Waals surface area contributed by atoms with Gasteiger partial charge in [-0.3, -0.25) is 10.1 Å². The van der Waals surface area contributed by atoms with Crippen LogP contribution < -0.4 is 4.72 Å². The van der Waals surface area contributed by atoms with Crippen molar-refractivity contribution in [1.82, 2.24) is 4.72 Å². The van der Waals surface area contributed by atoms with Gasteiger partial charge in [-0.2, -0.15) is 0 Å². The fourth-order valence-electron chi connectivity index (χ4n) is 2.33. The van der Waals surface area contributed by atoms with Crippen molar-refractivity contribution in [2.24, 2.45) is 0 Å². The number of nitrogens with zero attached hydrogens (tertiary/aromatic N) is 1. The average molecular weight is 475 g/mol. The Morgan fingerprint density at radius 3 is 2.32 bits per heavy atom. The first kappa shape index (κ1) is 21.9. The zero-order valence-electron chi connectivity index (χ0n) is 14.0. The molecule has 0 unspecified atom stereocenters. The lowest BCUT2D eigenvalue weighted by Crippen LogP contribution is -2.41. The molecule has 2 aromatic carbocycles. The molecule has 0 amide bonds. The Labute approximate surface area is 167 Å². The third-order valence-corrected chi connectivity index (χ3v) is 5.99. The molecule has 0 heterocycles. The number of nitrogens with one attached hydrogen (secondary N) is 1. The average Bonchev–Trinajstić information content (AvgIpc) is 2.65. The maximum atomic E-state index is 12.5. The molecule has 0 fully saturated rings. The summed E-state index contributed by atoms with van der Waals surface area (Å²) in [4.78, 5) is 20.9. The highest BCUT2D eigenvalue weighted by Gasteiger charge is 2.27. The number of hydrogen-bond acceptors (Lipinski definition) is 7. The summed E-state index contributed by atoms with van der Waals surface area (Å²) in [6.07, 6.45) is -1.50. The molecule has 0 aliphatic rings. The molecule has 0 aromatic heterocycles. The number of aromatic carboxylic acids is 1. The molecule has 0 saturated carbocycles. The van der Waals surface area contributed by atoms with E-state index in [-0.39, 0.29) is 26.2 Å². The topological polar surface area (TPSA) is 167 Å². The maximum Gasteiger partial charge on any atom is 0.336 e. The van der Waals surface area contributed by atoms with Gasteiger partial charge >= 0.3 is 5.97 Å². The van der Waals surface area contributed by atoms with Gasteiger partial charge in [0.1, 0.15) is 0 Å². The summed E-state index contributed by atoms with van der Waals surface area (Å²) >= 11 is 3.01. The highest BCUT2D eigenvalue weighted by Crippen LogP contribution is 2.24. The fourth-order valence-corrected chi connectivity index (χ4v) is 4.00. The summed E-state index contributed by atoms with van der Waals surface area (Å²) in [5.74, 6) is -1.34. The van der Waals surface area contributed by atoms with Crippen molar-refractivity contribution in [3.05, 3.63) is 68.2 Å². The van der Waals surface area contributed by atoms with Gasteiger partial charge in [0.15, 0.2) is 0 Å². The van der Waals surface area contributed by atoms with Crippen LogP contribution in [0.5, 0.6) is 0 Å². The molecule has 0 saturated heterocycles. The van der Waals surface area contributed by atoms with Gasteiger partial charge < -0.3 is 15.3 Å². The van der Waals surface area contributed by atoms with Crippen molar-refractivity contribution in [2.45, 2.75) is 17.0 Å². The second kappa shape index (κ2) is 8.75. The monoisotopic (exact) mass is 474 g/mol. The number of sulfonamides is 1. The molecule has 4 N–H and O–H groups in total. The molecule has 0 spiro atoms. The van der Waals surface area contributed by atoms with Crippen LogP contribution in [-0.2, 0) is 10.0 Å². The largest absolute Gasteiger partial charge is 0.478 e. The number of aliphatic hydroxyl groups excluding tert-OH is 2. The molecule has 10 nitrogen and oxygen atoms in total. The summed E-state index contributed by atoms with van der Waals surface area (Å²) in [5.41, 5.74) is -0.345. The van der Waals surface area contributed by atoms with Crippen LogP contribution >= 0.6 is 15.9 Å². The van der Waals surface area contributed by atoms with Crippen molar-refractivity contribution in [3.63, 3.8) is 0 Å². The number of nitro groups is 1. The molecular weight excluding hydrogens is 460 g/mol. The second-order valence-electron chi connectivity index (χ2n) is 5.65. The zero-order chi connectivity index (χ0) is 21.1. The van der Waals surface area contributed by atoms with Crippen LogP contribution in [0.15, 0.2) is 51.8 Å². The van der Waals surface area contributed by atoms with E-state index in [0.717, 1.165) is 24.3 Å². The Balaban J connectivity index is 2.28. The van der Waals surface area contributed by atoms with Gasteiger partial charge in [-0.25, -0.2) is 17.9 Å². The third-order valence-electron chi connectivity index (χ3n) is 3.81. The summed E-state index contributed by atoms with van der Waals surface area (Å²) in [5, 5.41) is 39.6. The lowest BCUT2D eigenvalue weighted by molar-refractivity contribution is -0.384. The van der Waals surface area contributed by atoms with Gasteiger partial charge in [0.2, 0.25) is 10.0 Å². The predicted molar refractivity (Wildman–Crippen MR) is 100 cm³/mol. The molecule has 2 atom stereocenters. The van der Waals surface area contributed by atoms with Gasteiger partial charge in [0.25, 0.3) is 5.69 Å². The first-order valence-corrected chi connectivity index (χ1v) is 9.93. The molecular formula is C16H15BrN2O8S. The van der Waals surface area contributed by atoms with E-state index in [1.54, 1.807) is 0 Å². The number of benzene rings is 2. The Bertz CT molecular complexity index is 994. The number of hydrogen-bond donors (Lipinski definition) is 4. The van der Waals surface area contributed by atoms with Gasteiger partial charge in [0.05, 0.1) is 34.1 Å². The molecule has 2 aromatic rings. The van der Waals surface area contributed by atoms with E-state index < -0.39 is 39.7 Å². The summed E-state index contributed by atoms with van der Waals surface area (Å²) < 4.78 is 27.4. The standard InChI is InChI=1S/C16H15BrN2O8S/c17-13-6-5-11(7-12(13)16(22)23)28(26,27)18-14(8-20)15(21)9-1-3-10(4-2-9)19(24)25/h1-7,14-15,18,20-21H,8H2,(H,22,23)/t14-,15+/m1/s1. The molecule has 0 aliphatic heterocycles. The second-order valence-corrected chi connectivity index (χ2v) is 8.22. The Morgan fingerprint density at radius 1 is 1.21 bits per heavy atom. The van der Waals surface area contributed by atoms with E-state index in [9.17, 15) is 33.5 Å². The smallest absolute Gasteiger partial charge is 0.336 e. The van der Waals surface area contributed by atoms with Gasteiger partial charge in [-0.15, -0.1) is 0 Å². The van der Waals surface area contributed by atoms with Crippen molar-refractivity contribution >= 4 is 37.6 Å². The number of halogens is 1. The van der Waals surface area contributed by atoms with Crippen LogP contribution in [0.3, 0.4) is 0 Å². The van der Waals surface area contributed by atoms with Gasteiger partial charge in [0, 0.05) is 16.6 Å². The highest BCUT2D eigenvalue weighted by molar-refractivity contribution is 9.10. The first-order valence-electron chi connectivity index (χ1n) is 7.65. The van der Waals surface area contributed by atoms with Crippen molar-refractivity contribution in [1.29, 1.82) is 0 Å². The van der Waals surface area contributed by atoms with E-state index in [2.05, 4.69) is 20.7 Å². The van der Waals surface area contributed by atoms with E-state index in [1.165, 1.54) is 18.2 Å². The van der Waals surface area contributed by atoms with Crippen molar-refractivity contribution in [3.8, 4) is 0 Å². The molecule has 0 radical (unpaired) electrons. The molecule has 12 heteroatoms. The molecule has 28 heavy (non-hydrogen) atoms. The van der Waals surface area contributed by atoms with Gasteiger partial charge in [-0.05, 0) is 51.8 Å². The minimum absolute atomic E-state index is 0.148. The Hall–Kier alpha value is -2.38. The van der Waals surface area contributed by atoms with Crippen LogP contribution in [0, 0.1) is 10.1 Å². The lowest BCUT2D eigenvalue weighted by Gasteiger charge is -2.22. The number of carbonyl (C=O) groups is 1. The number of carboxylic acid groups (broad SMARTS) is 1. The van der Waals surface area contributed by atoms with Gasteiger partial charge in [-0.1, -0.05) is 0 Å². The number of rotatable bonds is 8. The third kappa shape index (κ3) is 4.91. The molecule has 2 rings (SSSR count). The Morgan fingerprint density at radius 2 is 1.82 bits per heavy atom. The lowest BCUT2D eigenvalue weighted by atomic mass is 10.0. The van der Waals surface area contributed by atoms with Crippen molar-refractivity contribution < 1.29 is 33.5 Å². The van der Waals surface area contributed by atoms with Crippen LogP contribution in [0.2, 0.25) is 0 Å². The number of nitro benzene ring substituents is 1. The zero-order valence-corrected chi connectivity index (χ0v) is 16.4. The van der Waals surface area contributed by atoms with Crippen LogP contribution in [-0.4, -0.2) is 47.3 Å². The number of carboxylic acids is 1. The van der Waals surface area contributed by atoms with E-state index in [4.69, 9.17) is 5.11 Å².